The molecule has 1 aliphatic rings. The van der Waals surface area contributed by atoms with Crippen molar-refractivity contribution in [3.63, 3.8) is 0 Å². The number of benzene rings is 2. The van der Waals surface area contributed by atoms with Gasteiger partial charge in [-0.05, 0) is 24.5 Å². The third kappa shape index (κ3) is 6.22. The van der Waals surface area contributed by atoms with Crippen molar-refractivity contribution in [3.05, 3.63) is 71.8 Å². The van der Waals surface area contributed by atoms with Gasteiger partial charge in [-0.15, -0.1) is 0 Å². The third-order valence-electron chi connectivity index (χ3n) is 4.99. The lowest BCUT2D eigenvalue weighted by Crippen LogP contribution is -2.53. The summed E-state index contributed by atoms with van der Waals surface area (Å²) >= 11 is 0. The quantitative estimate of drug-likeness (QED) is 0.662. The average molecular weight is 413 g/mol. The normalized spacial score (nSPS) is 20.8. The van der Waals surface area contributed by atoms with Gasteiger partial charge in [0.05, 0.1) is 18.8 Å². The molecule has 1 fully saturated rings. The number of ether oxygens (including phenoxy) is 4. The van der Waals surface area contributed by atoms with E-state index in [1.807, 2.05) is 67.6 Å². The number of likely N-dealkylation sites (N-methyl/N-ethyl adjacent to an activating group) is 1. The molecular formula is C23H27NO6. The molecular weight excluding hydrogens is 386 g/mol. The largest absolute Gasteiger partial charge is 0.509 e. The Hall–Kier alpha value is -3.06. The second-order valence-corrected chi connectivity index (χ2v) is 7.28. The molecule has 0 N–H and O–H groups in total. The minimum Gasteiger partial charge on any atom is -0.445 e. The zero-order valence-corrected chi connectivity index (χ0v) is 17.2. The first kappa shape index (κ1) is 21.6. The molecule has 1 saturated heterocycles. The summed E-state index contributed by atoms with van der Waals surface area (Å²) in [5.41, 5.74) is 1.76. The lowest BCUT2D eigenvalue weighted by molar-refractivity contribution is -0.105. The number of carbonyl (C=O) groups excluding carboxylic acids is 2. The summed E-state index contributed by atoms with van der Waals surface area (Å²) in [5, 5.41) is 0. The van der Waals surface area contributed by atoms with Crippen LogP contribution in [-0.2, 0) is 32.2 Å². The highest BCUT2D eigenvalue weighted by Crippen LogP contribution is 2.22. The summed E-state index contributed by atoms with van der Waals surface area (Å²) in [6.45, 7) is 2.39. The van der Waals surface area contributed by atoms with E-state index < -0.39 is 18.4 Å². The Labute approximate surface area is 176 Å². The molecule has 3 unspecified atom stereocenters. The molecule has 0 saturated carbocycles. The predicted octanol–water partition coefficient (Wildman–Crippen LogP) is 4.15. The van der Waals surface area contributed by atoms with Crippen LogP contribution < -0.4 is 0 Å². The number of hydrogen-bond acceptors (Lipinski definition) is 6. The lowest BCUT2D eigenvalue weighted by Gasteiger charge is -2.38. The first-order valence-electron chi connectivity index (χ1n) is 9.95. The minimum absolute atomic E-state index is 0.0698. The van der Waals surface area contributed by atoms with Crippen LogP contribution in [0, 0.1) is 0 Å². The molecule has 1 aliphatic heterocycles. The Morgan fingerprint density at radius 1 is 0.967 bits per heavy atom. The monoisotopic (exact) mass is 413 g/mol. The highest BCUT2D eigenvalue weighted by Gasteiger charge is 2.37. The van der Waals surface area contributed by atoms with Crippen LogP contribution in [0.1, 0.15) is 24.5 Å². The molecule has 0 aliphatic carbocycles. The zero-order chi connectivity index (χ0) is 21.3. The molecule has 1 heterocycles. The predicted molar refractivity (Wildman–Crippen MR) is 110 cm³/mol. The van der Waals surface area contributed by atoms with Gasteiger partial charge in [-0.3, -0.25) is 0 Å². The number of hydrogen-bond donors (Lipinski definition) is 0. The van der Waals surface area contributed by atoms with Crippen LogP contribution in [0.3, 0.4) is 0 Å². The second-order valence-electron chi connectivity index (χ2n) is 7.28. The van der Waals surface area contributed by atoms with Crippen molar-refractivity contribution in [2.45, 2.75) is 44.8 Å². The topological polar surface area (TPSA) is 74.3 Å². The van der Waals surface area contributed by atoms with Crippen molar-refractivity contribution in [2.24, 2.45) is 0 Å². The van der Waals surface area contributed by atoms with Gasteiger partial charge in [-0.1, -0.05) is 60.7 Å². The average Bonchev–Trinajstić information content (AvgIpc) is 2.78. The molecule has 7 heteroatoms. The highest BCUT2D eigenvalue weighted by molar-refractivity contribution is 5.68. The summed E-state index contributed by atoms with van der Waals surface area (Å²) in [5.74, 6) is 0. The Kier molecular flexibility index (Phi) is 7.68. The van der Waals surface area contributed by atoms with E-state index in [-0.39, 0.29) is 32.0 Å². The fraction of sp³-hybridized carbons (Fsp3) is 0.391. The second kappa shape index (κ2) is 10.6. The maximum atomic E-state index is 12.6. The van der Waals surface area contributed by atoms with Crippen molar-refractivity contribution < 1.29 is 28.5 Å². The van der Waals surface area contributed by atoms with E-state index >= 15 is 0 Å². The van der Waals surface area contributed by atoms with Crippen molar-refractivity contribution in [2.75, 3.05) is 13.7 Å². The first-order chi connectivity index (χ1) is 14.5. The van der Waals surface area contributed by atoms with E-state index in [9.17, 15) is 9.59 Å². The Morgan fingerprint density at radius 2 is 1.53 bits per heavy atom. The van der Waals surface area contributed by atoms with E-state index in [0.29, 0.717) is 6.42 Å². The number of rotatable bonds is 6. The standard InChI is InChI=1S/C23H27NO6/c1-17-13-20(24(2)22(25)28-14-18-9-5-3-6-10-18)21(16-27-17)30-23(26)29-15-19-11-7-4-8-12-19/h3-12,17,20-21H,13-16H2,1-2H3. The molecule has 7 nitrogen and oxygen atoms in total. The Balaban J connectivity index is 1.54. The number of carbonyl (C=O) groups is 2. The molecule has 3 atom stereocenters. The fourth-order valence-corrected chi connectivity index (χ4v) is 3.28. The van der Waals surface area contributed by atoms with Crippen LogP contribution in [0.2, 0.25) is 0 Å². The van der Waals surface area contributed by atoms with Crippen LogP contribution in [0.15, 0.2) is 60.7 Å². The zero-order valence-electron chi connectivity index (χ0n) is 17.2. The Morgan fingerprint density at radius 3 is 2.13 bits per heavy atom. The molecule has 0 spiro atoms. The summed E-state index contributed by atoms with van der Waals surface area (Å²) in [6, 6.07) is 18.4. The van der Waals surface area contributed by atoms with Crippen LogP contribution in [0.25, 0.3) is 0 Å². The first-order valence-corrected chi connectivity index (χ1v) is 9.95. The fourth-order valence-electron chi connectivity index (χ4n) is 3.28. The van der Waals surface area contributed by atoms with Gasteiger partial charge in [0.1, 0.15) is 19.3 Å². The SMILES string of the molecule is CC1CC(N(C)C(=O)OCc2ccccc2)C(OC(=O)OCc2ccccc2)CO1. The van der Waals surface area contributed by atoms with Gasteiger partial charge in [0.15, 0.2) is 0 Å². The van der Waals surface area contributed by atoms with Gasteiger partial charge in [-0.2, -0.15) is 0 Å². The molecule has 160 valence electrons. The van der Waals surface area contributed by atoms with Gasteiger partial charge < -0.3 is 23.8 Å². The maximum Gasteiger partial charge on any atom is 0.509 e. The summed E-state index contributed by atoms with van der Waals surface area (Å²) in [7, 11) is 1.64. The molecule has 1 amide bonds. The Bertz CT molecular complexity index is 813. The van der Waals surface area contributed by atoms with Crippen LogP contribution in [0.5, 0.6) is 0 Å². The van der Waals surface area contributed by atoms with Crippen molar-refractivity contribution in [3.8, 4) is 0 Å². The highest BCUT2D eigenvalue weighted by atomic mass is 16.7. The lowest BCUT2D eigenvalue weighted by atomic mass is 10.0. The van der Waals surface area contributed by atoms with Crippen LogP contribution in [-0.4, -0.2) is 49.1 Å². The molecule has 2 aromatic rings. The molecule has 0 bridgehead atoms. The molecule has 2 aromatic carbocycles. The smallest absolute Gasteiger partial charge is 0.445 e. The van der Waals surface area contributed by atoms with Crippen molar-refractivity contribution >= 4 is 12.2 Å². The minimum atomic E-state index is -0.793. The molecule has 0 radical (unpaired) electrons. The third-order valence-corrected chi connectivity index (χ3v) is 4.99. The van der Waals surface area contributed by atoms with E-state index in [1.165, 1.54) is 4.90 Å². The van der Waals surface area contributed by atoms with Crippen LogP contribution in [0.4, 0.5) is 9.59 Å². The van der Waals surface area contributed by atoms with E-state index in [0.717, 1.165) is 11.1 Å². The number of nitrogens with zero attached hydrogens (tertiary/aromatic N) is 1. The maximum absolute atomic E-state index is 12.6. The van der Waals surface area contributed by atoms with Gasteiger partial charge in [0.2, 0.25) is 0 Å². The van der Waals surface area contributed by atoms with Gasteiger partial charge in [-0.25, -0.2) is 9.59 Å². The van der Waals surface area contributed by atoms with E-state index in [4.69, 9.17) is 18.9 Å². The van der Waals surface area contributed by atoms with E-state index in [1.54, 1.807) is 7.05 Å². The molecule has 30 heavy (non-hydrogen) atoms. The molecule has 3 rings (SSSR count). The van der Waals surface area contributed by atoms with Gasteiger partial charge in [0, 0.05) is 7.05 Å². The molecule has 0 aromatic heterocycles. The van der Waals surface area contributed by atoms with Crippen LogP contribution >= 0.6 is 0 Å². The van der Waals surface area contributed by atoms with Crippen molar-refractivity contribution in [1.29, 1.82) is 0 Å². The summed E-state index contributed by atoms with van der Waals surface area (Å²) in [4.78, 5) is 26.2. The van der Waals surface area contributed by atoms with Crippen molar-refractivity contribution in [1.82, 2.24) is 4.90 Å². The summed E-state index contributed by atoms with van der Waals surface area (Å²) in [6.07, 6.45) is -1.46. The van der Waals surface area contributed by atoms with Gasteiger partial charge in [0.25, 0.3) is 0 Å². The van der Waals surface area contributed by atoms with E-state index in [2.05, 4.69) is 0 Å². The number of amides is 1. The van der Waals surface area contributed by atoms with Gasteiger partial charge >= 0.3 is 12.2 Å². The summed E-state index contributed by atoms with van der Waals surface area (Å²) < 4.78 is 21.7.